The molecule has 10 aromatic carbocycles. The van der Waals surface area contributed by atoms with Gasteiger partial charge in [-0.15, -0.1) is 0 Å². The topological polar surface area (TPSA) is 0 Å². The van der Waals surface area contributed by atoms with Gasteiger partial charge in [0.25, 0.3) is 0 Å². The number of hydrogen-bond donors (Lipinski definition) is 0. The van der Waals surface area contributed by atoms with E-state index in [1.807, 2.05) is 11.8 Å². The quantitative estimate of drug-likeness (QED) is 0.160. The van der Waals surface area contributed by atoms with Crippen LogP contribution in [0.25, 0.3) is 21.9 Å². The van der Waals surface area contributed by atoms with Gasteiger partial charge in [-0.25, -0.2) is 0 Å². The minimum absolute atomic E-state index is 0.217. The molecule has 2 unspecified atom stereocenters. The van der Waals surface area contributed by atoms with E-state index in [2.05, 4.69) is 569 Å². The van der Waals surface area contributed by atoms with Crippen molar-refractivity contribution in [2.24, 2.45) is 38.4 Å². The molecule has 712 valence electrons. The molecule has 0 N–H and O–H groups in total. The molecule has 0 heterocycles. The highest BCUT2D eigenvalue weighted by Crippen LogP contribution is 2.57. The first-order valence-corrected chi connectivity index (χ1v) is 49.8. The average molecular weight is 1770 g/mol. The summed E-state index contributed by atoms with van der Waals surface area (Å²) in [5, 5.41) is 2.62. The number of rotatable bonds is 6. The van der Waals surface area contributed by atoms with Gasteiger partial charge < -0.3 is 0 Å². The molecule has 10 aromatic rings. The van der Waals surface area contributed by atoms with E-state index in [9.17, 15) is 0 Å². The second-order valence-electron chi connectivity index (χ2n) is 54.7. The smallest absolute Gasteiger partial charge is 0.0122 e. The highest BCUT2D eigenvalue weighted by atomic mass is 32.2. The van der Waals surface area contributed by atoms with E-state index >= 15 is 0 Å². The molecule has 1 aliphatic carbocycles. The molecule has 1 heteroatoms. The summed E-state index contributed by atoms with van der Waals surface area (Å²) >= 11 is 1.83. The van der Waals surface area contributed by atoms with E-state index in [1.54, 1.807) is 0 Å². The summed E-state index contributed by atoms with van der Waals surface area (Å²) in [7, 11) is 0. The van der Waals surface area contributed by atoms with E-state index in [1.165, 1.54) is 130 Å². The number of benzene rings is 10. The summed E-state index contributed by atoms with van der Waals surface area (Å²) in [5.74, 6) is 0.869. The molecule has 1 aliphatic rings. The van der Waals surface area contributed by atoms with E-state index in [0.29, 0.717) is 32.5 Å². The summed E-state index contributed by atoms with van der Waals surface area (Å²) in [6.45, 7) is 109. The van der Waals surface area contributed by atoms with Crippen LogP contribution in [-0.4, -0.2) is 0 Å². The molecular formula is C128H194S. The molecule has 0 saturated heterocycles. The van der Waals surface area contributed by atoms with Crippen molar-refractivity contribution in [1.82, 2.24) is 0 Å². The molecule has 0 nitrogen and oxygen atoms in total. The molecule has 129 heavy (non-hydrogen) atoms. The van der Waals surface area contributed by atoms with Gasteiger partial charge in [-0.3, -0.25) is 0 Å². The zero-order chi connectivity index (χ0) is 99.4. The van der Waals surface area contributed by atoms with E-state index in [-0.39, 0.29) is 54.1 Å². The average Bonchev–Trinajstić information content (AvgIpc) is 0.775. The van der Waals surface area contributed by atoms with Crippen LogP contribution in [0.5, 0.6) is 0 Å². The Morgan fingerprint density at radius 2 is 0.488 bits per heavy atom. The summed E-state index contributed by atoms with van der Waals surface area (Å²) < 4.78 is 0. The van der Waals surface area contributed by atoms with E-state index < -0.39 is 0 Å². The first-order valence-electron chi connectivity index (χ1n) is 49.0. The zero-order valence-electron chi connectivity index (χ0n) is 92.5. The first kappa shape index (κ1) is 116. The second-order valence-corrected chi connectivity index (χ2v) is 55.8. The van der Waals surface area contributed by atoms with Gasteiger partial charge >= 0.3 is 0 Å². The summed E-state index contributed by atoms with van der Waals surface area (Å²) in [6, 6.07) is 86.4. The Bertz CT molecular complexity index is 4460. The van der Waals surface area contributed by atoms with Crippen LogP contribution in [0.3, 0.4) is 0 Å². The highest BCUT2D eigenvalue weighted by Gasteiger charge is 2.46. The maximum atomic E-state index is 2.54. The molecule has 0 bridgehead atoms. The lowest BCUT2D eigenvalue weighted by Crippen LogP contribution is -2.41. The lowest BCUT2D eigenvalue weighted by atomic mass is 9.53. The Kier molecular flexibility index (Phi) is 41.5. The molecule has 0 radical (unpaired) electrons. The van der Waals surface area contributed by atoms with Gasteiger partial charge in [-0.2, -0.15) is 0 Å². The van der Waals surface area contributed by atoms with Gasteiger partial charge in [-0.05, 0) is 250 Å². The van der Waals surface area contributed by atoms with Crippen LogP contribution in [0.15, 0.2) is 246 Å². The van der Waals surface area contributed by atoms with Crippen molar-refractivity contribution in [2.75, 3.05) is 0 Å². The highest BCUT2D eigenvalue weighted by molar-refractivity contribution is 7.99. The molecule has 11 rings (SSSR count). The maximum absolute atomic E-state index is 2.54. The minimum Gasteiger partial charge on any atom is -0.0901 e. The van der Waals surface area contributed by atoms with Crippen molar-refractivity contribution in [3.05, 3.63) is 309 Å². The molecule has 1 fully saturated rings. The van der Waals surface area contributed by atoms with Crippen molar-refractivity contribution in [1.29, 1.82) is 0 Å². The molecule has 0 aromatic heterocycles. The van der Waals surface area contributed by atoms with Crippen molar-refractivity contribution in [3.8, 4) is 11.1 Å². The van der Waals surface area contributed by atoms with E-state index in [4.69, 9.17) is 0 Å². The third-order valence-corrected chi connectivity index (χ3v) is 24.4. The number of hydrogen-bond acceptors (Lipinski definition) is 1. The summed E-state index contributed by atoms with van der Waals surface area (Å²) in [5.41, 5.74) is 26.1. The predicted molar refractivity (Wildman–Crippen MR) is 586 cm³/mol. The Hall–Kier alpha value is -7.19. The molecule has 0 spiro atoms. The van der Waals surface area contributed by atoms with Crippen LogP contribution in [0.1, 0.15) is 423 Å². The van der Waals surface area contributed by atoms with Gasteiger partial charge in [0.15, 0.2) is 0 Å². The predicted octanol–water partition coefficient (Wildman–Crippen LogP) is 40.4. The monoisotopic (exact) mass is 1760 g/mol. The second kappa shape index (κ2) is 46.2. The summed E-state index contributed by atoms with van der Waals surface area (Å²) in [6.07, 6.45) is 6.57. The zero-order valence-corrected chi connectivity index (χ0v) is 93.4. The van der Waals surface area contributed by atoms with Crippen molar-refractivity contribution in [3.63, 3.8) is 0 Å². The molecule has 0 amide bonds. The third-order valence-electron chi connectivity index (χ3n) is 23.4. The van der Waals surface area contributed by atoms with Crippen LogP contribution in [0.4, 0.5) is 0 Å². The normalized spacial score (nSPS) is 15.3. The number of aryl methyl sites for hydroxylation is 1. The van der Waals surface area contributed by atoms with Gasteiger partial charge in [0.05, 0.1) is 0 Å². The van der Waals surface area contributed by atoms with Crippen LogP contribution in [-0.2, 0) is 60.6 Å². The van der Waals surface area contributed by atoms with Crippen LogP contribution in [0, 0.1) is 45.3 Å². The third kappa shape index (κ3) is 45.4. The maximum Gasteiger partial charge on any atom is 0.0122 e. The van der Waals surface area contributed by atoms with Crippen molar-refractivity contribution >= 4 is 22.5 Å². The molecule has 0 aliphatic heterocycles. The molecular weight excluding hydrogens is 1570 g/mol. The van der Waals surface area contributed by atoms with Gasteiger partial charge in [0, 0.05) is 9.79 Å². The SMILES string of the molecule is CC(C)(C)C.CC(C)(C)C.CC(C)(C)CC1(C)CC(C(C)(C)C)CC(C)(C)C1.CC(C)(C)c1ccc(-c2ccc(C(C)(C)C)cc2)cc1.CC(C)(C)c1ccc(C(C)(C)C)cc1.CC(C)(C)c1ccc(Cc2ccc(C(C)(C)C)cc2)cc1.CC(C)(C)c1ccc(Sc2ccc(C(C)(C)C)cc2)cc1.Cc1ccc(C(C)(C)C)cc1C(C)(C)C.c1ccc2ccccc2c1. The lowest BCUT2D eigenvalue weighted by molar-refractivity contribution is -0.0146. The van der Waals surface area contributed by atoms with Crippen LogP contribution in [0.2, 0.25) is 0 Å². The van der Waals surface area contributed by atoms with Gasteiger partial charge in [-0.1, -0.05) is 550 Å². The van der Waals surface area contributed by atoms with E-state index in [0.717, 1.165) is 12.3 Å². The minimum atomic E-state index is 0.217. The van der Waals surface area contributed by atoms with Gasteiger partial charge in [0.2, 0.25) is 0 Å². The first-order chi connectivity index (χ1) is 58.0. The standard InChI is InChI=1S/C21H28.C20H26S.C20H26.C18H36.C15H24.C14H22.C10H8.2C5H12/c1-20(2,3)18-11-7-16(8-12-18)15-17-9-13-19(14-10-17)21(4,5)6;1-19(2,3)15-7-11-17(12-8-15)21-18-13-9-16(10-14-18)20(4,5)6;1-19(2,3)17-11-7-15(8-12-17)16-9-13-18(14-10-16)20(4,5)6;1-15(2,3)12-18(9)11-14(16(4,5)6)10-17(7,8)13-18;1-11-8-9-12(14(2,3)4)10-13(11)15(5,6)7;1-13(2,3)11-7-9-12(10-8-11)14(4,5)6;1-2-6-10-8-4-3-7-9(10)5-1;2*1-5(2,3)4/h7-14H,15H2,1-6H3;7-14H,1-6H3;7-14H,1-6H3;14H,10-13H2,1-9H3;8-10H,1-7H3;7-10H,1-6H3;1-8H;2*1-4H3. The van der Waals surface area contributed by atoms with Crippen LogP contribution >= 0.6 is 11.8 Å². The Labute approximate surface area is 803 Å². The Morgan fingerprint density at radius 1 is 0.264 bits per heavy atom. The fourth-order valence-electron chi connectivity index (χ4n) is 16.1. The fourth-order valence-corrected chi connectivity index (χ4v) is 17.0. The largest absolute Gasteiger partial charge is 0.0901 e. The van der Waals surface area contributed by atoms with Crippen LogP contribution < -0.4 is 0 Å². The van der Waals surface area contributed by atoms with Crippen molar-refractivity contribution < 1.29 is 0 Å². The lowest BCUT2D eigenvalue weighted by Gasteiger charge is -2.52. The van der Waals surface area contributed by atoms with Crippen molar-refractivity contribution in [2.45, 2.75) is 428 Å². The van der Waals surface area contributed by atoms with Gasteiger partial charge in [0.1, 0.15) is 0 Å². The molecule has 2 atom stereocenters. The number of fused-ring (bicyclic) bond motifs is 1. The Morgan fingerprint density at radius 3 is 0.713 bits per heavy atom. The fraction of sp³-hybridized carbons (Fsp3) is 0.547. The molecule has 1 saturated carbocycles. The Balaban J connectivity index is 0.000000384. The summed E-state index contributed by atoms with van der Waals surface area (Å²) in [4.78, 5) is 2.60.